The van der Waals surface area contributed by atoms with Gasteiger partial charge in [-0.15, -0.1) is 0 Å². The van der Waals surface area contributed by atoms with E-state index in [9.17, 15) is 4.79 Å². The number of nitrogens with one attached hydrogen (secondary N) is 1. The molecule has 1 unspecified atom stereocenters. The van der Waals surface area contributed by atoms with E-state index >= 15 is 0 Å². The topological polar surface area (TPSA) is 71.3 Å². The lowest BCUT2D eigenvalue weighted by atomic mass is 10.1. The van der Waals surface area contributed by atoms with Gasteiger partial charge in [-0.25, -0.2) is 4.79 Å². The van der Waals surface area contributed by atoms with Gasteiger partial charge in [-0.3, -0.25) is 0 Å². The molecule has 0 radical (unpaired) electrons. The molecule has 1 rings (SSSR count). The second-order valence-electron chi connectivity index (χ2n) is 5.58. The standard InChI is InChI=1S/C14H26N4O2/c1-6-11(4)9-18(5)14(19)15-8-7-12-16-13(10(2)3)17-20-12/h10-11H,6-9H2,1-5H3,(H,15,19). The van der Waals surface area contributed by atoms with Crippen LogP contribution in [-0.2, 0) is 6.42 Å². The quantitative estimate of drug-likeness (QED) is 0.833. The fraction of sp³-hybridized carbons (Fsp3) is 0.786. The minimum Gasteiger partial charge on any atom is -0.339 e. The normalized spacial score (nSPS) is 12.5. The predicted molar refractivity (Wildman–Crippen MR) is 77.6 cm³/mol. The third-order valence-electron chi connectivity index (χ3n) is 3.24. The van der Waals surface area contributed by atoms with Crippen LogP contribution in [0.3, 0.4) is 0 Å². The monoisotopic (exact) mass is 282 g/mol. The average Bonchev–Trinajstić information content (AvgIpc) is 2.87. The molecule has 0 fully saturated rings. The van der Waals surface area contributed by atoms with E-state index in [4.69, 9.17) is 4.52 Å². The van der Waals surface area contributed by atoms with Gasteiger partial charge >= 0.3 is 6.03 Å². The minimum atomic E-state index is -0.0612. The predicted octanol–water partition coefficient (Wildman–Crippen LogP) is 2.42. The van der Waals surface area contributed by atoms with Crippen LogP contribution in [0.4, 0.5) is 4.79 Å². The van der Waals surface area contributed by atoms with Crippen molar-refractivity contribution in [2.45, 2.75) is 46.5 Å². The smallest absolute Gasteiger partial charge is 0.317 e. The number of aromatic nitrogens is 2. The highest BCUT2D eigenvalue weighted by Crippen LogP contribution is 2.09. The molecule has 1 aromatic heterocycles. The summed E-state index contributed by atoms with van der Waals surface area (Å²) in [5, 5.41) is 6.75. The number of carbonyl (C=O) groups is 1. The third-order valence-corrected chi connectivity index (χ3v) is 3.24. The lowest BCUT2D eigenvalue weighted by Crippen LogP contribution is -2.40. The van der Waals surface area contributed by atoms with Gasteiger partial charge in [0.1, 0.15) is 0 Å². The number of urea groups is 1. The van der Waals surface area contributed by atoms with Gasteiger partial charge in [0.25, 0.3) is 0 Å². The van der Waals surface area contributed by atoms with Gasteiger partial charge < -0.3 is 14.7 Å². The number of rotatable bonds is 7. The van der Waals surface area contributed by atoms with E-state index in [2.05, 4.69) is 29.3 Å². The molecular weight excluding hydrogens is 256 g/mol. The summed E-state index contributed by atoms with van der Waals surface area (Å²) in [4.78, 5) is 17.8. The number of amides is 2. The van der Waals surface area contributed by atoms with E-state index in [1.807, 2.05) is 20.9 Å². The van der Waals surface area contributed by atoms with Gasteiger partial charge in [-0.2, -0.15) is 4.98 Å². The number of nitrogens with zero attached hydrogens (tertiary/aromatic N) is 3. The average molecular weight is 282 g/mol. The van der Waals surface area contributed by atoms with Gasteiger partial charge in [0, 0.05) is 32.5 Å². The van der Waals surface area contributed by atoms with Gasteiger partial charge in [0.15, 0.2) is 5.82 Å². The summed E-state index contributed by atoms with van der Waals surface area (Å²) in [6.45, 7) is 9.55. The maximum atomic E-state index is 11.8. The molecule has 0 saturated heterocycles. The van der Waals surface area contributed by atoms with Gasteiger partial charge in [0.2, 0.25) is 5.89 Å². The third kappa shape index (κ3) is 5.19. The summed E-state index contributed by atoms with van der Waals surface area (Å²) in [7, 11) is 1.81. The zero-order chi connectivity index (χ0) is 15.1. The molecule has 1 atom stereocenters. The molecule has 2 amide bonds. The highest BCUT2D eigenvalue weighted by Gasteiger charge is 2.12. The van der Waals surface area contributed by atoms with Crippen molar-refractivity contribution in [2.75, 3.05) is 20.1 Å². The van der Waals surface area contributed by atoms with Crippen molar-refractivity contribution in [3.05, 3.63) is 11.7 Å². The Bertz CT molecular complexity index is 417. The van der Waals surface area contributed by atoms with Gasteiger partial charge in [-0.05, 0) is 5.92 Å². The Morgan fingerprint density at radius 2 is 2.10 bits per heavy atom. The van der Waals surface area contributed by atoms with E-state index in [1.165, 1.54) is 0 Å². The van der Waals surface area contributed by atoms with E-state index < -0.39 is 0 Å². The van der Waals surface area contributed by atoms with Crippen LogP contribution in [0.1, 0.15) is 51.7 Å². The Kier molecular flexibility index (Phi) is 6.48. The number of hydrogen-bond donors (Lipinski definition) is 1. The van der Waals surface area contributed by atoms with E-state index in [0.717, 1.165) is 13.0 Å². The number of hydrogen-bond acceptors (Lipinski definition) is 4. The van der Waals surface area contributed by atoms with Gasteiger partial charge in [-0.1, -0.05) is 39.3 Å². The second kappa shape index (κ2) is 7.87. The first-order chi connectivity index (χ1) is 9.43. The molecule has 1 aromatic rings. The maximum absolute atomic E-state index is 11.8. The molecule has 0 aliphatic rings. The van der Waals surface area contributed by atoms with Crippen molar-refractivity contribution in [2.24, 2.45) is 5.92 Å². The SMILES string of the molecule is CCC(C)CN(C)C(=O)NCCc1nc(C(C)C)no1. The van der Waals surface area contributed by atoms with E-state index in [-0.39, 0.29) is 11.9 Å². The first-order valence-corrected chi connectivity index (χ1v) is 7.25. The Hall–Kier alpha value is -1.59. The first kappa shape index (κ1) is 16.5. The molecule has 0 bridgehead atoms. The zero-order valence-electron chi connectivity index (χ0n) is 13.1. The van der Waals surface area contributed by atoms with Crippen LogP contribution in [-0.4, -0.2) is 41.2 Å². The largest absolute Gasteiger partial charge is 0.339 e. The first-order valence-electron chi connectivity index (χ1n) is 7.25. The molecular formula is C14H26N4O2. The Balaban J connectivity index is 2.30. The summed E-state index contributed by atoms with van der Waals surface area (Å²) in [5.74, 6) is 2.04. The highest BCUT2D eigenvalue weighted by molar-refractivity contribution is 5.73. The lowest BCUT2D eigenvalue weighted by Gasteiger charge is -2.21. The van der Waals surface area contributed by atoms with Crippen LogP contribution in [0.25, 0.3) is 0 Å². The van der Waals surface area contributed by atoms with Crippen molar-refractivity contribution < 1.29 is 9.32 Å². The van der Waals surface area contributed by atoms with Crippen LogP contribution in [0, 0.1) is 5.92 Å². The Morgan fingerprint density at radius 1 is 1.40 bits per heavy atom. The molecule has 0 aliphatic heterocycles. The van der Waals surface area contributed by atoms with Crippen LogP contribution < -0.4 is 5.32 Å². The van der Waals surface area contributed by atoms with Crippen molar-refractivity contribution in [1.82, 2.24) is 20.4 Å². The summed E-state index contributed by atoms with van der Waals surface area (Å²) in [5.41, 5.74) is 0. The fourth-order valence-electron chi connectivity index (χ4n) is 1.69. The Morgan fingerprint density at radius 3 is 2.65 bits per heavy atom. The molecule has 0 saturated carbocycles. The van der Waals surface area contributed by atoms with Crippen LogP contribution >= 0.6 is 0 Å². The fourth-order valence-corrected chi connectivity index (χ4v) is 1.69. The lowest BCUT2D eigenvalue weighted by molar-refractivity contribution is 0.201. The van der Waals surface area contributed by atoms with E-state index in [0.29, 0.717) is 30.6 Å². The van der Waals surface area contributed by atoms with Crippen molar-refractivity contribution in [3.8, 4) is 0 Å². The zero-order valence-corrected chi connectivity index (χ0v) is 13.1. The van der Waals surface area contributed by atoms with E-state index in [1.54, 1.807) is 4.90 Å². The summed E-state index contributed by atoms with van der Waals surface area (Å²) < 4.78 is 5.12. The molecule has 6 heteroatoms. The molecule has 0 spiro atoms. The molecule has 1 N–H and O–H groups in total. The second-order valence-corrected chi connectivity index (χ2v) is 5.58. The molecule has 20 heavy (non-hydrogen) atoms. The maximum Gasteiger partial charge on any atom is 0.317 e. The van der Waals surface area contributed by atoms with Crippen molar-refractivity contribution in [1.29, 1.82) is 0 Å². The summed E-state index contributed by atoms with van der Waals surface area (Å²) >= 11 is 0. The van der Waals surface area contributed by atoms with Crippen LogP contribution in [0.5, 0.6) is 0 Å². The Labute approximate surface area is 120 Å². The molecule has 1 heterocycles. The van der Waals surface area contributed by atoms with Gasteiger partial charge in [0.05, 0.1) is 0 Å². The molecule has 6 nitrogen and oxygen atoms in total. The number of carbonyl (C=O) groups excluding carboxylic acids is 1. The highest BCUT2D eigenvalue weighted by atomic mass is 16.5. The van der Waals surface area contributed by atoms with Crippen molar-refractivity contribution in [3.63, 3.8) is 0 Å². The summed E-state index contributed by atoms with van der Waals surface area (Å²) in [6.07, 6.45) is 1.63. The van der Waals surface area contributed by atoms with Crippen LogP contribution in [0.15, 0.2) is 4.52 Å². The van der Waals surface area contributed by atoms with Crippen molar-refractivity contribution >= 4 is 6.03 Å². The molecule has 114 valence electrons. The summed E-state index contributed by atoms with van der Waals surface area (Å²) in [6, 6.07) is -0.0612. The minimum absolute atomic E-state index is 0.0612. The molecule has 0 aromatic carbocycles. The molecule has 0 aliphatic carbocycles. The van der Waals surface area contributed by atoms with Crippen LogP contribution in [0.2, 0.25) is 0 Å².